The third-order valence-electron chi connectivity index (χ3n) is 4.72. The van der Waals surface area contributed by atoms with Gasteiger partial charge < -0.3 is 23.7 Å². The molecule has 1 aromatic heterocycles. The maximum atomic E-state index is 12.7. The summed E-state index contributed by atoms with van der Waals surface area (Å²) in [6.45, 7) is 0. The van der Waals surface area contributed by atoms with Crippen LogP contribution in [0.5, 0.6) is 28.7 Å². The molecule has 2 aromatic carbocycles. The maximum Gasteiger partial charge on any atom is 0.343 e. The fourth-order valence-electron chi connectivity index (χ4n) is 3.19. The van der Waals surface area contributed by atoms with E-state index in [1.807, 2.05) is 6.07 Å². The van der Waals surface area contributed by atoms with Crippen molar-refractivity contribution in [3.8, 4) is 28.7 Å². The number of Topliss-reactive ketones (excluding diaryl/α,β-unsaturated/α-hetero) is 1. The summed E-state index contributed by atoms with van der Waals surface area (Å²) < 4.78 is 27.0. The normalized spacial score (nSPS) is 13.3. The lowest BCUT2D eigenvalue weighted by Gasteiger charge is -2.13. The number of hydrogen-bond acceptors (Lipinski definition) is 8. The van der Waals surface area contributed by atoms with Gasteiger partial charge in [-0.15, -0.1) is 0 Å². The molecule has 2 heterocycles. The number of esters is 1. The highest BCUT2D eigenvalue weighted by molar-refractivity contribution is 6.14. The molecule has 8 nitrogen and oxygen atoms in total. The largest absolute Gasteiger partial charge is 0.493 e. The van der Waals surface area contributed by atoms with Crippen LogP contribution in [0.2, 0.25) is 0 Å². The summed E-state index contributed by atoms with van der Waals surface area (Å²) in [4.78, 5) is 29.5. The van der Waals surface area contributed by atoms with Crippen LogP contribution in [0.3, 0.4) is 0 Å². The second-order valence-electron chi connectivity index (χ2n) is 6.66. The van der Waals surface area contributed by atoms with E-state index in [9.17, 15) is 9.59 Å². The van der Waals surface area contributed by atoms with E-state index in [1.54, 1.807) is 30.5 Å². The molecule has 0 unspecified atom stereocenters. The van der Waals surface area contributed by atoms with E-state index in [4.69, 9.17) is 23.7 Å². The van der Waals surface area contributed by atoms with Gasteiger partial charge in [0.05, 0.1) is 38.2 Å². The standard InChI is InChI=1S/C24H19NO7/c1-28-20-10-14(11-21(29-2)23(20)30-3)24(27)31-16-7-8-17-18(13-16)32-19(22(17)26)12-15-6-4-5-9-25-15/h4-13H,1-3H3/b19-12-. The van der Waals surface area contributed by atoms with Crippen molar-refractivity contribution in [2.75, 3.05) is 21.3 Å². The number of allylic oxidation sites excluding steroid dienone is 1. The first-order valence-electron chi connectivity index (χ1n) is 9.55. The van der Waals surface area contributed by atoms with Crippen LogP contribution in [0.15, 0.2) is 60.5 Å². The van der Waals surface area contributed by atoms with Crippen LogP contribution >= 0.6 is 0 Å². The van der Waals surface area contributed by atoms with E-state index in [0.717, 1.165) is 0 Å². The highest BCUT2D eigenvalue weighted by Gasteiger charge is 2.28. The molecule has 0 radical (unpaired) electrons. The lowest BCUT2D eigenvalue weighted by Crippen LogP contribution is -2.09. The quantitative estimate of drug-likeness (QED) is 0.328. The van der Waals surface area contributed by atoms with Gasteiger partial charge in [-0.3, -0.25) is 9.78 Å². The van der Waals surface area contributed by atoms with Gasteiger partial charge in [0.1, 0.15) is 11.5 Å². The smallest absolute Gasteiger partial charge is 0.343 e. The van der Waals surface area contributed by atoms with E-state index in [2.05, 4.69) is 4.98 Å². The minimum atomic E-state index is -0.641. The van der Waals surface area contributed by atoms with E-state index in [0.29, 0.717) is 34.3 Å². The van der Waals surface area contributed by atoms with Gasteiger partial charge in [0.15, 0.2) is 17.3 Å². The molecule has 4 rings (SSSR count). The predicted octanol–water partition coefficient (Wildman–Crippen LogP) is 3.94. The number of benzene rings is 2. The monoisotopic (exact) mass is 433 g/mol. The van der Waals surface area contributed by atoms with Crippen LogP contribution < -0.4 is 23.7 Å². The zero-order valence-electron chi connectivity index (χ0n) is 17.6. The number of fused-ring (bicyclic) bond motifs is 1. The Hall–Kier alpha value is -4.33. The van der Waals surface area contributed by atoms with Gasteiger partial charge in [-0.2, -0.15) is 0 Å². The Kier molecular flexibility index (Phi) is 5.76. The van der Waals surface area contributed by atoms with Crippen molar-refractivity contribution in [2.24, 2.45) is 0 Å². The molecule has 0 fully saturated rings. The molecule has 162 valence electrons. The fraction of sp³-hybridized carbons (Fsp3) is 0.125. The minimum absolute atomic E-state index is 0.145. The average molecular weight is 433 g/mol. The molecule has 0 saturated heterocycles. The number of ether oxygens (including phenoxy) is 5. The third-order valence-corrected chi connectivity index (χ3v) is 4.72. The van der Waals surface area contributed by atoms with E-state index in [1.165, 1.54) is 45.6 Å². The Labute approximate surface area is 184 Å². The van der Waals surface area contributed by atoms with Crippen LogP contribution in [-0.2, 0) is 0 Å². The van der Waals surface area contributed by atoms with Crippen LogP contribution in [0, 0.1) is 0 Å². The van der Waals surface area contributed by atoms with Crippen LogP contribution in [-0.4, -0.2) is 38.1 Å². The van der Waals surface area contributed by atoms with Gasteiger partial charge in [-0.1, -0.05) is 6.07 Å². The van der Waals surface area contributed by atoms with Crippen LogP contribution in [0.1, 0.15) is 26.4 Å². The molecule has 1 aliphatic heterocycles. The van der Waals surface area contributed by atoms with Crippen molar-refractivity contribution >= 4 is 17.8 Å². The van der Waals surface area contributed by atoms with Gasteiger partial charge in [-0.25, -0.2) is 4.79 Å². The number of methoxy groups -OCH3 is 3. The summed E-state index contributed by atoms with van der Waals surface area (Å²) in [6.07, 6.45) is 3.18. The average Bonchev–Trinajstić information content (AvgIpc) is 3.12. The number of ketones is 1. The lowest BCUT2D eigenvalue weighted by atomic mass is 10.1. The van der Waals surface area contributed by atoms with Crippen molar-refractivity contribution in [2.45, 2.75) is 0 Å². The highest BCUT2D eigenvalue weighted by atomic mass is 16.5. The molecule has 0 saturated carbocycles. The highest BCUT2D eigenvalue weighted by Crippen LogP contribution is 2.39. The van der Waals surface area contributed by atoms with Crippen molar-refractivity contribution in [3.05, 3.63) is 77.3 Å². The molecule has 0 bridgehead atoms. The van der Waals surface area contributed by atoms with Crippen molar-refractivity contribution < 1.29 is 33.3 Å². The van der Waals surface area contributed by atoms with Crippen molar-refractivity contribution in [1.82, 2.24) is 4.98 Å². The number of nitrogens with zero attached hydrogens (tertiary/aromatic N) is 1. The molecular weight excluding hydrogens is 414 g/mol. The summed E-state index contributed by atoms with van der Waals surface area (Å²) in [5.41, 5.74) is 1.17. The second kappa shape index (κ2) is 8.81. The molecular formula is C24H19NO7. The summed E-state index contributed by atoms with van der Waals surface area (Å²) in [5.74, 6) is 0.764. The topological polar surface area (TPSA) is 93.2 Å². The zero-order chi connectivity index (χ0) is 22.7. The first-order valence-corrected chi connectivity index (χ1v) is 9.55. The van der Waals surface area contributed by atoms with E-state index < -0.39 is 5.97 Å². The van der Waals surface area contributed by atoms with Crippen molar-refractivity contribution in [1.29, 1.82) is 0 Å². The Morgan fingerprint density at radius 3 is 2.34 bits per heavy atom. The number of carbonyl (C=O) groups excluding carboxylic acids is 2. The number of pyridine rings is 1. The fourth-order valence-corrected chi connectivity index (χ4v) is 3.19. The minimum Gasteiger partial charge on any atom is -0.493 e. The van der Waals surface area contributed by atoms with Crippen molar-refractivity contribution in [3.63, 3.8) is 0 Å². The van der Waals surface area contributed by atoms with Gasteiger partial charge in [0, 0.05) is 18.3 Å². The van der Waals surface area contributed by atoms with Crippen LogP contribution in [0.4, 0.5) is 0 Å². The Morgan fingerprint density at radius 1 is 0.969 bits per heavy atom. The lowest BCUT2D eigenvalue weighted by molar-refractivity contribution is 0.0733. The van der Waals surface area contributed by atoms with Gasteiger partial charge in [0.2, 0.25) is 11.5 Å². The molecule has 3 aromatic rings. The Morgan fingerprint density at radius 2 is 1.72 bits per heavy atom. The van der Waals surface area contributed by atoms with Gasteiger partial charge in [-0.05, 0) is 36.4 Å². The molecule has 8 heteroatoms. The van der Waals surface area contributed by atoms with Crippen LogP contribution in [0.25, 0.3) is 6.08 Å². The van der Waals surface area contributed by atoms with E-state index >= 15 is 0 Å². The molecule has 0 spiro atoms. The first kappa shape index (κ1) is 20.9. The summed E-state index contributed by atoms with van der Waals surface area (Å²) in [6, 6.07) is 12.9. The Balaban J connectivity index is 1.57. The molecule has 0 N–H and O–H groups in total. The van der Waals surface area contributed by atoms with E-state index in [-0.39, 0.29) is 22.9 Å². The number of hydrogen-bond donors (Lipinski definition) is 0. The summed E-state index contributed by atoms with van der Waals surface area (Å²) in [7, 11) is 4.38. The number of aromatic nitrogens is 1. The number of rotatable bonds is 6. The molecule has 0 amide bonds. The summed E-state index contributed by atoms with van der Waals surface area (Å²) in [5, 5.41) is 0. The summed E-state index contributed by atoms with van der Waals surface area (Å²) >= 11 is 0. The third kappa shape index (κ3) is 3.98. The number of carbonyl (C=O) groups is 2. The molecule has 1 aliphatic rings. The zero-order valence-corrected chi connectivity index (χ0v) is 17.6. The SMILES string of the molecule is COc1cc(C(=O)Oc2ccc3c(c2)O/C(=C\c2ccccn2)C3=O)cc(OC)c1OC. The first-order chi connectivity index (χ1) is 15.5. The Bertz CT molecular complexity index is 1190. The predicted molar refractivity (Wildman–Crippen MR) is 115 cm³/mol. The van der Waals surface area contributed by atoms with Gasteiger partial charge >= 0.3 is 5.97 Å². The molecule has 0 atom stereocenters. The maximum absolute atomic E-state index is 12.7. The molecule has 0 aliphatic carbocycles. The molecule has 32 heavy (non-hydrogen) atoms. The van der Waals surface area contributed by atoms with Gasteiger partial charge in [0.25, 0.3) is 0 Å². The second-order valence-corrected chi connectivity index (χ2v) is 6.66.